The number of aromatic nitrogens is 2. The number of rotatable bonds is 1. The molecule has 18 heavy (non-hydrogen) atoms. The number of sulfone groups is 1. The lowest BCUT2D eigenvalue weighted by atomic mass is 10.2. The van der Waals surface area contributed by atoms with Crippen LogP contribution in [0.2, 0.25) is 0 Å². The van der Waals surface area contributed by atoms with Crippen LogP contribution in [-0.4, -0.2) is 18.2 Å². The third-order valence-corrected chi connectivity index (χ3v) is 4.62. The van der Waals surface area contributed by atoms with E-state index in [1.165, 1.54) is 0 Å². The van der Waals surface area contributed by atoms with Gasteiger partial charge in [-0.2, -0.15) is 5.10 Å². The van der Waals surface area contributed by atoms with E-state index in [9.17, 15) is 8.42 Å². The number of para-hydroxylation sites is 2. The quantitative estimate of drug-likeness (QED) is 0.784. The molecule has 5 nitrogen and oxygen atoms in total. The van der Waals surface area contributed by atoms with E-state index in [1.54, 1.807) is 10.7 Å². The predicted molar refractivity (Wildman–Crippen MR) is 69.0 cm³/mol. The van der Waals surface area contributed by atoms with Crippen LogP contribution in [0.4, 0.5) is 5.69 Å². The van der Waals surface area contributed by atoms with Crippen LogP contribution in [0, 0.1) is 6.92 Å². The zero-order valence-corrected chi connectivity index (χ0v) is 10.7. The monoisotopic (exact) mass is 263 g/mol. The molecular formula is C12H13N3O2S. The standard InChI is InChI=1S/C12H13N3O2S/c1-8-9-6-18(16,17)7-12(9)15(14-8)11-5-3-2-4-10(11)13/h2-5H,6-7,13H2,1H3. The van der Waals surface area contributed by atoms with Gasteiger partial charge in [-0.1, -0.05) is 12.1 Å². The lowest BCUT2D eigenvalue weighted by Crippen LogP contribution is -2.07. The molecule has 2 N–H and O–H groups in total. The van der Waals surface area contributed by atoms with Crippen LogP contribution in [-0.2, 0) is 21.3 Å². The van der Waals surface area contributed by atoms with Crippen molar-refractivity contribution in [2.45, 2.75) is 18.4 Å². The normalized spacial score (nSPS) is 16.7. The van der Waals surface area contributed by atoms with E-state index >= 15 is 0 Å². The molecule has 2 heterocycles. The first-order chi connectivity index (χ1) is 8.48. The van der Waals surface area contributed by atoms with Crippen LogP contribution in [0.1, 0.15) is 17.0 Å². The van der Waals surface area contributed by atoms with Crippen molar-refractivity contribution in [2.24, 2.45) is 0 Å². The summed E-state index contributed by atoms with van der Waals surface area (Å²) in [6, 6.07) is 7.32. The highest BCUT2D eigenvalue weighted by atomic mass is 32.2. The Kier molecular flexibility index (Phi) is 2.25. The van der Waals surface area contributed by atoms with Gasteiger partial charge in [0.2, 0.25) is 0 Å². The zero-order valence-electron chi connectivity index (χ0n) is 9.92. The van der Waals surface area contributed by atoms with Crippen molar-refractivity contribution in [1.82, 2.24) is 9.78 Å². The summed E-state index contributed by atoms with van der Waals surface area (Å²) in [5.41, 5.74) is 9.56. The molecule has 6 heteroatoms. The molecule has 3 rings (SSSR count). The van der Waals surface area contributed by atoms with E-state index in [0.717, 1.165) is 22.6 Å². The molecule has 1 aliphatic rings. The van der Waals surface area contributed by atoms with E-state index in [2.05, 4.69) is 5.10 Å². The van der Waals surface area contributed by atoms with Crippen LogP contribution >= 0.6 is 0 Å². The SMILES string of the molecule is Cc1nn(-c2ccccc2N)c2c1CS(=O)(=O)C2. The van der Waals surface area contributed by atoms with Gasteiger partial charge in [0, 0.05) is 5.56 Å². The summed E-state index contributed by atoms with van der Waals surface area (Å²) >= 11 is 0. The Morgan fingerprint density at radius 2 is 2.00 bits per heavy atom. The third-order valence-electron chi connectivity index (χ3n) is 3.18. The van der Waals surface area contributed by atoms with E-state index in [1.807, 2.05) is 25.1 Å². The summed E-state index contributed by atoms with van der Waals surface area (Å²) in [7, 11) is -3.03. The van der Waals surface area contributed by atoms with E-state index in [0.29, 0.717) is 5.69 Å². The molecule has 0 amide bonds. The van der Waals surface area contributed by atoms with E-state index in [4.69, 9.17) is 5.73 Å². The highest BCUT2D eigenvalue weighted by molar-refractivity contribution is 7.90. The Bertz CT molecular complexity index is 732. The van der Waals surface area contributed by atoms with Crippen molar-refractivity contribution in [3.8, 4) is 5.69 Å². The number of benzene rings is 1. The predicted octanol–water partition coefficient (Wildman–Crippen LogP) is 1.19. The largest absolute Gasteiger partial charge is 0.397 e. The maximum absolute atomic E-state index is 11.7. The van der Waals surface area contributed by atoms with Crippen LogP contribution in [0.3, 0.4) is 0 Å². The Morgan fingerprint density at radius 1 is 1.28 bits per heavy atom. The van der Waals surface area contributed by atoms with Gasteiger partial charge in [0.25, 0.3) is 0 Å². The molecule has 2 aromatic rings. The molecule has 0 atom stereocenters. The molecule has 0 saturated carbocycles. The molecule has 1 aromatic heterocycles. The minimum absolute atomic E-state index is 0.0392. The van der Waals surface area contributed by atoms with Gasteiger partial charge in [-0.05, 0) is 19.1 Å². The van der Waals surface area contributed by atoms with Crippen LogP contribution in [0.5, 0.6) is 0 Å². The molecule has 0 spiro atoms. The lowest BCUT2D eigenvalue weighted by Gasteiger charge is -2.07. The highest BCUT2D eigenvalue weighted by Crippen LogP contribution is 2.30. The summed E-state index contributed by atoms with van der Waals surface area (Å²) in [6.07, 6.45) is 0. The second kappa shape index (κ2) is 3.58. The average Bonchev–Trinajstić information content (AvgIpc) is 2.75. The Labute approximate surface area is 105 Å². The molecule has 0 aliphatic carbocycles. The number of nitrogens with two attached hydrogens (primary N) is 1. The topological polar surface area (TPSA) is 78.0 Å². The fourth-order valence-electron chi connectivity index (χ4n) is 2.30. The number of nitrogens with zero attached hydrogens (tertiary/aromatic N) is 2. The number of hydrogen-bond acceptors (Lipinski definition) is 4. The van der Waals surface area contributed by atoms with Crippen molar-refractivity contribution < 1.29 is 8.42 Å². The number of nitrogen functional groups attached to an aromatic ring is 1. The molecule has 0 bridgehead atoms. The van der Waals surface area contributed by atoms with Gasteiger partial charge in [0.1, 0.15) is 0 Å². The Balaban J connectivity index is 2.23. The van der Waals surface area contributed by atoms with Crippen molar-refractivity contribution in [2.75, 3.05) is 5.73 Å². The van der Waals surface area contributed by atoms with Gasteiger partial charge in [0.15, 0.2) is 9.84 Å². The third kappa shape index (κ3) is 1.60. The van der Waals surface area contributed by atoms with Gasteiger partial charge >= 0.3 is 0 Å². The smallest absolute Gasteiger partial charge is 0.160 e. The van der Waals surface area contributed by atoms with E-state index < -0.39 is 9.84 Å². The van der Waals surface area contributed by atoms with Crippen molar-refractivity contribution in [3.05, 3.63) is 41.2 Å². The van der Waals surface area contributed by atoms with Crippen molar-refractivity contribution in [3.63, 3.8) is 0 Å². The molecule has 1 aromatic carbocycles. The summed E-state index contributed by atoms with van der Waals surface area (Å²) in [4.78, 5) is 0. The number of hydrogen-bond donors (Lipinski definition) is 1. The molecule has 94 valence electrons. The number of anilines is 1. The summed E-state index contributed by atoms with van der Waals surface area (Å²) < 4.78 is 25.1. The second-order valence-corrected chi connectivity index (χ2v) is 6.58. The molecule has 0 radical (unpaired) electrons. The van der Waals surface area contributed by atoms with Crippen molar-refractivity contribution in [1.29, 1.82) is 0 Å². The highest BCUT2D eigenvalue weighted by Gasteiger charge is 2.31. The van der Waals surface area contributed by atoms with Gasteiger partial charge in [-0.3, -0.25) is 0 Å². The van der Waals surface area contributed by atoms with Crippen LogP contribution in [0.15, 0.2) is 24.3 Å². The fourth-order valence-corrected chi connectivity index (χ4v) is 3.93. The van der Waals surface area contributed by atoms with Crippen LogP contribution in [0.25, 0.3) is 5.69 Å². The first-order valence-electron chi connectivity index (χ1n) is 5.60. The molecule has 0 fully saturated rings. The Hall–Kier alpha value is -1.82. The lowest BCUT2D eigenvalue weighted by molar-refractivity contribution is 0.596. The molecule has 1 aliphatic heterocycles. The summed E-state index contributed by atoms with van der Waals surface area (Å²) in [6.45, 7) is 1.83. The Morgan fingerprint density at radius 3 is 2.72 bits per heavy atom. The minimum atomic E-state index is -3.03. The fraction of sp³-hybridized carbons (Fsp3) is 0.250. The number of fused-ring (bicyclic) bond motifs is 1. The van der Waals surface area contributed by atoms with Gasteiger partial charge < -0.3 is 5.73 Å². The first-order valence-corrected chi connectivity index (χ1v) is 7.43. The summed E-state index contributed by atoms with van der Waals surface area (Å²) in [5, 5.41) is 4.40. The van der Waals surface area contributed by atoms with Gasteiger partial charge in [-0.25, -0.2) is 13.1 Å². The van der Waals surface area contributed by atoms with Crippen molar-refractivity contribution >= 4 is 15.5 Å². The average molecular weight is 263 g/mol. The van der Waals surface area contributed by atoms with Gasteiger partial charge in [0.05, 0.1) is 34.3 Å². The summed E-state index contributed by atoms with van der Waals surface area (Å²) in [5.74, 6) is 0.123. The maximum Gasteiger partial charge on any atom is 0.160 e. The molecule has 0 unspecified atom stereocenters. The zero-order chi connectivity index (χ0) is 12.9. The second-order valence-electron chi connectivity index (χ2n) is 4.51. The molecular weight excluding hydrogens is 250 g/mol. The molecule has 0 saturated heterocycles. The first kappa shape index (κ1) is 11.3. The maximum atomic E-state index is 11.7. The van der Waals surface area contributed by atoms with E-state index in [-0.39, 0.29) is 11.5 Å². The van der Waals surface area contributed by atoms with Crippen LogP contribution < -0.4 is 5.73 Å². The number of aryl methyl sites for hydroxylation is 1. The minimum Gasteiger partial charge on any atom is -0.397 e. The van der Waals surface area contributed by atoms with Gasteiger partial charge in [-0.15, -0.1) is 0 Å².